The molecule has 2 heteroatoms. The average molecular weight is 266 g/mol. The predicted molar refractivity (Wildman–Crippen MR) is 83.1 cm³/mol. The van der Waals surface area contributed by atoms with Crippen molar-refractivity contribution in [3.8, 4) is 0 Å². The average Bonchev–Trinajstić information content (AvgIpc) is 2.82. The van der Waals surface area contributed by atoms with Crippen LogP contribution in [0.3, 0.4) is 0 Å². The molecule has 0 aromatic carbocycles. The first kappa shape index (κ1) is 15.3. The molecule has 1 saturated carbocycles. The van der Waals surface area contributed by atoms with Gasteiger partial charge >= 0.3 is 0 Å². The summed E-state index contributed by atoms with van der Waals surface area (Å²) in [7, 11) is 0. The largest absolute Gasteiger partial charge is 0.329 e. The first-order chi connectivity index (χ1) is 8.79. The molecule has 4 atom stereocenters. The number of likely N-dealkylation sites (tertiary alicyclic amines) is 1. The number of hydrogen-bond donors (Lipinski definition) is 1. The van der Waals surface area contributed by atoms with E-state index < -0.39 is 0 Å². The second-order valence-corrected chi connectivity index (χ2v) is 8.39. The van der Waals surface area contributed by atoms with Gasteiger partial charge < -0.3 is 5.73 Å². The van der Waals surface area contributed by atoms with E-state index >= 15 is 0 Å². The second kappa shape index (κ2) is 5.37. The van der Waals surface area contributed by atoms with Crippen molar-refractivity contribution in [2.24, 2.45) is 28.9 Å². The third-order valence-corrected chi connectivity index (χ3v) is 6.11. The van der Waals surface area contributed by atoms with E-state index in [0.29, 0.717) is 5.41 Å². The number of hydrogen-bond acceptors (Lipinski definition) is 2. The Hall–Kier alpha value is -0.0800. The van der Waals surface area contributed by atoms with Crippen LogP contribution in [-0.4, -0.2) is 30.1 Å². The Morgan fingerprint density at radius 3 is 2.37 bits per heavy atom. The molecule has 1 aliphatic heterocycles. The van der Waals surface area contributed by atoms with Crippen LogP contribution in [0.4, 0.5) is 0 Å². The molecule has 2 aliphatic rings. The van der Waals surface area contributed by atoms with Crippen molar-refractivity contribution in [3.63, 3.8) is 0 Å². The van der Waals surface area contributed by atoms with E-state index in [9.17, 15) is 0 Å². The molecule has 112 valence electrons. The van der Waals surface area contributed by atoms with Crippen molar-refractivity contribution < 1.29 is 0 Å². The highest BCUT2D eigenvalue weighted by molar-refractivity contribution is 5.03. The highest BCUT2D eigenvalue weighted by Gasteiger charge is 2.47. The minimum Gasteiger partial charge on any atom is -0.329 e. The first-order valence-electron chi connectivity index (χ1n) is 8.24. The quantitative estimate of drug-likeness (QED) is 0.829. The van der Waals surface area contributed by atoms with Crippen molar-refractivity contribution in [2.75, 3.05) is 19.6 Å². The van der Waals surface area contributed by atoms with Gasteiger partial charge in [0.2, 0.25) is 0 Å². The van der Waals surface area contributed by atoms with Gasteiger partial charge in [-0.05, 0) is 49.0 Å². The van der Waals surface area contributed by atoms with E-state index in [1.54, 1.807) is 0 Å². The van der Waals surface area contributed by atoms with Crippen molar-refractivity contribution >= 4 is 0 Å². The molecule has 4 unspecified atom stereocenters. The molecule has 0 aromatic heterocycles. The monoisotopic (exact) mass is 266 g/mol. The molecule has 0 bridgehead atoms. The molecular weight excluding hydrogens is 232 g/mol. The lowest BCUT2D eigenvalue weighted by molar-refractivity contribution is 0.00652. The van der Waals surface area contributed by atoms with Gasteiger partial charge in [0, 0.05) is 18.6 Å². The highest BCUT2D eigenvalue weighted by Crippen LogP contribution is 2.44. The van der Waals surface area contributed by atoms with E-state index in [4.69, 9.17) is 5.73 Å². The standard InChI is InChI=1S/C17H34N2/c1-13-6-7-14(2)17(10-13,12-18)19-9-8-15(11-19)16(3,4)5/h13-15H,6-12,18H2,1-5H3. The maximum absolute atomic E-state index is 6.28. The van der Waals surface area contributed by atoms with E-state index in [1.807, 2.05) is 0 Å². The summed E-state index contributed by atoms with van der Waals surface area (Å²) in [5.41, 5.74) is 7.01. The highest BCUT2D eigenvalue weighted by atomic mass is 15.2. The van der Waals surface area contributed by atoms with Gasteiger partial charge in [0.25, 0.3) is 0 Å². The normalized spacial score (nSPS) is 41.7. The predicted octanol–water partition coefficient (Wildman–Crippen LogP) is 3.51. The number of rotatable bonds is 2. The van der Waals surface area contributed by atoms with Crippen LogP contribution in [0, 0.1) is 23.2 Å². The summed E-state index contributed by atoms with van der Waals surface area (Å²) in [5.74, 6) is 2.43. The van der Waals surface area contributed by atoms with E-state index in [0.717, 1.165) is 24.3 Å². The topological polar surface area (TPSA) is 29.3 Å². The van der Waals surface area contributed by atoms with Gasteiger partial charge in [-0.15, -0.1) is 0 Å². The van der Waals surface area contributed by atoms with E-state index in [1.165, 1.54) is 38.8 Å². The van der Waals surface area contributed by atoms with Crippen LogP contribution in [0.25, 0.3) is 0 Å². The lowest BCUT2D eigenvalue weighted by Crippen LogP contribution is -2.59. The molecule has 0 aromatic rings. The summed E-state index contributed by atoms with van der Waals surface area (Å²) >= 11 is 0. The zero-order valence-corrected chi connectivity index (χ0v) is 13.7. The maximum atomic E-state index is 6.28. The van der Waals surface area contributed by atoms with Crippen LogP contribution in [-0.2, 0) is 0 Å². The molecule has 0 spiro atoms. The summed E-state index contributed by atoms with van der Waals surface area (Å²) in [5, 5.41) is 0. The zero-order valence-electron chi connectivity index (χ0n) is 13.7. The Morgan fingerprint density at radius 1 is 1.16 bits per heavy atom. The molecule has 0 amide bonds. The smallest absolute Gasteiger partial charge is 0.0359 e. The SMILES string of the molecule is CC1CCC(C)C(CN)(N2CCC(C(C)(C)C)C2)C1. The summed E-state index contributed by atoms with van der Waals surface area (Å²) in [6.45, 7) is 15.4. The molecule has 1 heterocycles. The molecule has 1 saturated heterocycles. The molecule has 2 fully saturated rings. The first-order valence-corrected chi connectivity index (χ1v) is 8.24. The summed E-state index contributed by atoms with van der Waals surface area (Å²) in [6, 6.07) is 0. The Kier molecular flexibility index (Phi) is 4.32. The van der Waals surface area contributed by atoms with Crippen LogP contribution in [0.15, 0.2) is 0 Å². The summed E-state index contributed by atoms with van der Waals surface area (Å²) < 4.78 is 0. The molecular formula is C17H34N2. The number of nitrogens with two attached hydrogens (primary N) is 1. The van der Waals surface area contributed by atoms with E-state index in [-0.39, 0.29) is 5.54 Å². The molecule has 1 aliphatic carbocycles. The maximum Gasteiger partial charge on any atom is 0.0359 e. The van der Waals surface area contributed by atoms with Gasteiger partial charge in [-0.3, -0.25) is 4.90 Å². The van der Waals surface area contributed by atoms with Gasteiger partial charge in [-0.2, -0.15) is 0 Å². The Morgan fingerprint density at radius 2 is 1.84 bits per heavy atom. The second-order valence-electron chi connectivity index (χ2n) is 8.39. The van der Waals surface area contributed by atoms with E-state index in [2.05, 4.69) is 39.5 Å². The number of nitrogens with zero attached hydrogens (tertiary/aromatic N) is 1. The third-order valence-electron chi connectivity index (χ3n) is 6.11. The van der Waals surface area contributed by atoms with Crippen molar-refractivity contribution in [1.82, 2.24) is 4.90 Å². The van der Waals surface area contributed by atoms with Gasteiger partial charge in [0.05, 0.1) is 0 Å². The van der Waals surface area contributed by atoms with Crippen molar-refractivity contribution in [1.29, 1.82) is 0 Å². The lowest BCUT2D eigenvalue weighted by Gasteiger charge is -2.51. The van der Waals surface area contributed by atoms with Gasteiger partial charge in [-0.1, -0.05) is 41.0 Å². The van der Waals surface area contributed by atoms with Crippen molar-refractivity contribution in [3.05, 3.63) is 0 Å². The Bertz CT molecular complexity index is 307. The van der Waals surface area contributed by atoms with Crippen LogP contribution in [0.5, 0.6) is 0 Å². The molecule has 19 heavy (non-hydrogen) atoms. The summed E-state index contributed by atoms with van der Waals surface area (Å²) in [4.78, 5) is 2.77. The summed E-state index contributed by atoms with van der Waals surface area (Å²) in [6.07, 6.45) is 5.41. The van der Waals surface area contributed by atoms with Crippen molar-refractivity contribution in [2.45, 2.75) is 65.8 Å². The van der Waals surface area contributed by atoms with Gasteiger partial charge in [0.1, 0.15) is 0 Å². The zero-order chi connectivity index (χ0) is 14.3. The fraction of sp³-hybridized carbons (Fsp3) is 1.00. The van der Waals surface area contributed by atoms with Crippen LogP contribution < -0.4 is 5.73 Å². The van der Waals surface area contributed by atoms with Gasteiger partial charge in [0.15, 0.2) is 0 Å². The molecule has 2 rings (SSSR count). The van der Waals surface area contributed by atoms with Crippen LogP contribution >= 0.6 is 0 Å². The Labute approximate surface area is 120 Å². The Balaban J connectivity index is 2.14. The van der Waals surface area contributed by atoms with Crippen LogP contribution in [0.1, 0.15) is 60.3 Å². The minimum atomic E-state index is 0.289. The molecule has 0 radical (unpaired) electrons. The molecule has 2 nitrogen and oxygen atoms in total. The lowest BCUT2D eigenvalue weighted by atomic mass is 9.68. The minimum absolute atomic E-state index is 0.289. The van der Waals surface area contributed by atoms with Crippen LogP contribution in [0.2, 0.25) is 0 Å². The van der Waals surface area contributed by atoms with Gasteiger partial charge in [-0.25, -0.2) is 0 Å². The fourth-order valence-electron chi connectivity index (χ4n) is 4.44. The third kappa shape index (κ3) is 2.85. The molecule has 2 N–H and O–H groups in total. The fourth-order valence-corrected chi connectivity index (χ4v) is 4.44.